The number of carbonyl (C=O) groups excluding carboxylic acids is 2. The number of hydrogen-bond acceptors (Lipinski definition) is 5. The Hall–Kier alpha value is -3.53. The molecular formula is C24H29N3O4. The van der Waals surface area contributed by atoms with E-state index in [4.69, 9.17) is 9.47 Å². The Morgan fingerprint density at radius 2 is 1.90 bits per heavy atom. The van der Waals surface area contributed by atoms with Crippen LogP contribution in [0.1, 0.15) is 44.1 Å². The summed E-state index contributed by atoms with van der Waals surface area (Å²) in [6, 6.07) is 11.5. The van der Waals surface area contributed by atoms with Gasteiger partial charge in [0.2, 0.25) is 0 Å². The monoisotopic (exact) mass is 423 g/mol. The highest BCUT2D eigenvalue weighted by atomic mass is 16.5. The molecule has 0 unspecified atom stereocenters. The van der Waals surface area contributed by atoms with Crippen LogP contribution < -0.4 is 10.1 Å². The molecule has 1 heterocycles. The van der Waals surface area contributed by atoms with Gasteiger partial charge in [0.25, 0.3) is 5.91 Å². The number of nitrogens with zero attached hydrogens (tertiary/aromatic N) is 2. The largest absolute Gasteiger partial charge is 0.494 e. The SMILES string of the molecule is CCOc1ccc(-n2c(C)cc(/C=C(\C#N)C(=O)OCC(=O)N[C@H](C)CC)c2C)cc1. The first-order valence-corrected chi connectivity index (χ1v) is 10.3. The summed E-state index contributed by atoms with van der Waals surface area (Å²) in [4.78, 5) is 24.1. The minimum Gasteiger partial charge on any atom is -0.494 e. The maximum atomic E-state index is 12.3. The van der Waals surface area contributed by atoms with Crippen molar-refractivity contribution in [2.75, 3.05) is 13.2 Å². The van der Waals surface area contributed by atoms with E-state index in [1.54, 1.807) is 0 Å². The van der Waals surface area contributed by atoms with Crippen molar-refractivity contribution in [2.24, 2.45) is 0 Å². The highest BCUT2D eigenvalue weighted by Gasteiger charge is 2.16. The quantitative estimate of drug-likeness (QED) is 0.376. The topological polar surface area (TPSA) is 93.3 Å². The summed E-state index contributed by atoms with van der Waals surface area (Å²) in [5.74, 6) is -0.429. The normalized spacial score (nSPS) is 12.1. The summed E-state index contributed by atoms with van der Waals surface area (Å²) < 4.78 is 12.5. The number of nitriles is 1. The molecule has 0 radical (unpaired) electrons. The molecule has 7 nitrogen and oxygen atoms in total. The van der Waals surface area contributed by atoms with Crippen LogP contribution in [0.5, 0.6) is 5.75 Å². The molecule has 0 aliphatic heterocycles. The predicted molar refractivity (Wildman–Crippen MR) is 119 cm³/mol. The van der Waals surface area contributed by atoms with Gasteiger partial charge in [-0.1, -0.05) is 6.92 Å². The van der Waals surface area contributed by atoms with Crippen LogP contribution in [0.15, 0.2) is 35.9 Å². The molecule has 0 aliphatic carbocycles. The first-order valence-electron chi connectivity index (χ1n) is 10.3. The second-order valence-electron chi connectivity index (χ2n) is 7.21. The molecular weight excluding hydrogens is 394 g/mol. The van der Waals surface area contributed by atoms with Gasteiger partial charge in [-0.3, -0.25) is 4.79 Å². The fourth-order valence-electron chi connectivity index (χ4n) is 3.11. The molecule has 2 aromatic rings. The minimum absolute atomic E-state index is 0.00910. The third-order valence-corrected chi connectivity index (χ3v) is 4.87. The number of aromatic nitrogens is 1. The second-order valence-corrected chi connectivity index (χ2v) is 7.21. The highest BCUT2D eigenvalue weighted by molar-refractivity contribution is 5.99. The van der Waals surface area contributed by atoms with Gasteiger partial charge in [0.05, 0.1) is 6.61 Å². The summed E-state index contributed by atoms with van der Waals surface area (Å²) in [6.07, 6.45) is 2.26. The molecule has 1 atom stereocenters. The zero-order valence-electron chi connectivity index (χ0n) is 18.7. The van der Waals surface area contributed by atoms with Gasteiger partial charge in [-0.25, -0.2) is 4.79 Å². The predicted octanol–water partition coefficient (Wildman–Crippen LogP) is 3.86. The first kappa shape index (κ1) is 23.7. The van der Waals surface area contributed by atoms with Gasteiger partial charge in [-0.05, 0) is 76.1 Å². The number of rotatable bonds is 9. The number of ether oxygens (including phenoxy) is 2. The summed E-state index contributed by atoms with van der Waals surface area (Å²) >= 11 is 0. The molecule has 0 aliphatic rings. The van der Waals surface area contributed by atoms with E-state index in [9.17, 15) is 14.9 Å². The zero-order chi connectivity index (χ0) is 23.0. The average Bonchev–Trinajstić information content (AvgIpc) is 3.03. The fraction of sp³-hybridized carbons (Fsp3) is 0.375. The van der Waals surface area contributed by atoms with Crippen LogP contribution >= 0.6 is 0 Å². The second kappa shape index (κ2) is 11.0. The number of esters is 1. The third-order valence-electron chi connectivity index (χ3n) is 4.87. The molecule has 0 bridgehead atoms. The minimum atomic E-state index is -0.826. The van der Waals surface area contributed by atoms with Crippen molar-refractivity contribution in [1.29, 1.82) is 5.26 Å². The van der Waals surface area contributed by atoms with Crippen LogP contribution in [0.4, 0.5) is 0 Å². The Morgan fingerprint density at radius 3 is 2.48 bits per heavy atom. The van der Waals surface area contributed by atoms with Crippen LogP contribution in [0, 0.1) is 25.2 Å². The lowest BCUT2D eigenvalue weighted by atomic mass is 10.1. The van der Waals surface area contributed by atoms with Crippen molar-refractivity contribution >= 4 is 18.0 Å². The van der Waals surface area contributed by atoms with E-state index < -0.39 is 18.5 Å². The maximum absolute atomic E-state index is 12.3. The van der Waals surface area contributed by atoms with E-state index in [0.29, 0.717) is 6.61 Å². The summed E-state index contributed by atoms with van der Waals surface area (Å²) in [6.45, 7) is 9.77. The maximum Gasteiger partial charge on any atom is 0.349 e. The molecule has 1 N–H and O–H groups in total. The lowest BCUT2D eigenvalue weighted by Gasteiger charge is -2.11. The Labute approximate surface area is 183 Å². The summed E-state index contributed by atoms with van der Waals surface area (Å²) in [5, 5.41) is 12.1. The van der Waals surface area contributed by atoms with E-state index in [2.05, 4.69) is 5.32 Å². The molecule has 0 spiro atoms. The number of amides is 1. The Balaban J connectivity index is 2.19. The van der Waals surface area contributed by atoms with Crippen LogP contribution in [-0.2, 0) is 14.3 Å². The van der Waals surface area contributed by atoms with E-state index >= 15 is 0 Å². The van der Waals surface area contributed by atoms with E-state index in [1.165, 1.54) is 6.08 Å². The van der Waals surface area contributed by atoms with Crippen molar-refractivity contribution in [3.05, 3.63) is 52.9 Å². The molecule has 7 heteroatoms. The van der Waals surface area contributed by atoms with Gasteiger partial charge < -0.3 is 19.4 Å². The highest BCUT2D eigenvalue weighted by Crippen LogP contribution is 2.24. The van der Waals surface area contributed by atoms with Gasteiger partial charge in [0.1, 0.15) is 17.4 Å². The van der Waals surface area contributed by atoms with E-state index in [1.807, 2.05) is 75.6 Å². The Morgan fingerprint density at radius 1 is 1.23 bits per heavy atom. The van der Waals surface area contributed by atoms with Gasteiger partial charge in [-0.2, -0.15) is 5.26 Å². The van der Waals surface area contributed by atoms with Crippen LogP contribution in [0.2, 0.25) is 0 Å². The van der Waals surface area contributed by atoms with Crippen molar-refractivity contribution < 1.29 is 19.1 Å². The van der Waals surface area contributed by atoms with Crippen LogP contribution in [0.25, 0.3) is 11.8 Å². The number of aryl methyl sites for hydroxylation is 1. The van der Waals surface area contributed by atoms with Crippen molar-refractivity contribution in [3.8, 4) is 17.5 Å². The van der Waals surface area contributed by atoms with Crippen LogP contribution in [-0.4, -0.2) is 35.7 Å². The van der Waals surface area contributed by atoms with Gasteiger partial charge >= 0.3 is 5.97 Å². The average molecular weight is 424 g/mol. The lowest BCUT2D eigenvalue weighted by molar-refractivity contribution is -0.144. The van der Waals surface area contributed by atoms with Gasteiger partial charge in [-0.15, -0.1) is 0 Å². The van der Waals surface area contributed by atoms with E-state index in [-0.39, 0.29) is 11.6 Å². The molecule has 1 aromatic heterocycles. The smallest absolute Gasteiger partial charge is 0.349 e. The standard InChI is InChI=1S/C24H29N3O4/c1-6-16(3)26-23(28)15-31-24(29)20(14-25)13-19-12-17(4)27(18(19)5)21-8-10-22(11-9-21)30-7-2/h8-13,16H,6-7,15H2,1-5H3,(H,26,28)/b20-13+/t16-/m1/s1. The summed E-state index contributed by atoms with van der Waals surface area (Å²) in [7, 11) is 0. The van der Waals surface area contributed by atoms with Crippen LogP contribution in [0.3, 0.4) is 0 Å². The number of benzene rings is 1. The van der Waals surface area contributed by atoms with Crippen molar-refractivity contribution in [2.45, 2.75) is 47.1 Å². The molecule has 1 amide bonds. The zero-order valence-corrected chi connectivity index (χ0v) is 18.7. The molecule has 0 saturated carbocycles. The molecule has 1 aromatic carbocycles. The van der Waals surface area contributed by atoms with Crippen molar-refractivity contribution in [1.82, 2.24) is 9.88 Å². The molecule has 164 valence electrons. The van der Waals surface area contributed by atoms with Crippen molar-refractivity contribution in [3.63, 3.8) is 0 Å². The number of nitrogens with one attached hydrogen (secondary N) is 1. The molecule has 0 fully saturated rings. The Kier molecular flexibility index (Phi) is 8.44. The lowest BCUT2D eigenvalue weighted by Crippen LogP contribution is -2.35. The molecule has 0 saturated heterocycles. The third kappa shape index (κ3) is 6.22. The molecule has 2 rings (SSSR count). The first-order chi connectivity index (χ1) is 14.8. The fourth-order valence-corrected chi connectivity index (χ4v) is 3.11. The number of hydrogen-bond donors (Lipinski definition) is 1. The molecule has 31 heavy (non-hydrogen) atoms. The van der Waals surface area contributed by atoms with Gasteiger partial charge in [0, 0.05) is 23.1 Å². The number of carbonyl (C=O) groups is 2. The van der Waals surface area contributed by atoms with E-state index in [0.717, 1.165) is 34.8 Å². The Bertz CT molecular complexity index is 997. The summed E-state index contributed by atoms with van der Waals surface area (Å²) in [5.41, 5.74) is 3.33. The van der Waals surface area contributed by atoms with Gasteiger partial charge in [0.15, 0.2) is 6.61 Å².